The number of anilines is 3. The molecule has 1 aromatic heterocycles. The molecule has 0 spiro atoms. The minimum Gasteiger partial charge on any atom is -0.397 e. The van der Waals surface area contributed by atoms with Gasteiger partial charge in [-0.1, -0.05) is 17.7 Å². The van der Waals surface area contributed by atoms with E-state index in [1.165, 1.54) is 16.8 Å². The second-order valence-electron chi connectivity index (χ2n) is 4.96. The fraction of sp³-hybridized carbons (Fsp3) is 0.267. The van der Waals surface area contributed by atoms with Gasteiger partial charge in [0.15, 0.2) is 0 Å². The van der Waals surface area contributed by atoms with Crippen molar-refractivity contribution < 1.29 is 0 Å². The van der Waals surface area contributed by atoms with E-state index in [1.54, 1.807) is 6.20 Å². The van der Waals surface area contributed by atoms with E-state index in [9.17, 15) is 0 Å². The van der Waals surface area contributed by atoms with E-state index in [2.05, 4.69) is 50.9 Å². The van der Waals surface area contributed by atoms with Gasteiger partial charge in [-0.15, -0.1) is 0 Å². The Hall–Kier alpha value is -1.55. The van der Waals surface area contributed by atoms with Crippen molar-refractivity contribution in [2.45, 2.75) is 19.8 Å². The number of rotatable bonds is 1. The summed E-state index contributed by atoms with van der Waals surface area (Å²) in [6.07, 6.45) is 4.00. The summed E-state index contributed by atoms with van der Waals surface area (Å²) >= 11 is 3.56. The summed E-state index contributed by atoms with van der Waals surface area (Å²) in [7, 11) is 0. The molecule has 0 amide bonds. The summed E-state index contributed by atoms with van der Waals surface area (Å²) in [6, 6.07) is 8.52. The molecule has 0 saturated carbocycles. The van der Waals surface area contributed by atoms with Crippen LogP contribution < -0.4 is 10.6 Å². The SMILES string of the molecule is Cc1ccc2c(c1)CCCN2c1ncc(N)cc1Br. The first kappa shape index (κ1) is 12.5. The molecule has 2 N–H and O–H groups in total. The molecular weight excluding hydrogens is 302 g/mol. The minimum atomic E-state index is 0.678. The summed E-state index contributed by atoms with van der Waals surface area (Å²) < 4.78 is 0.945. The van der Waals surface area contributed by atoms with E-state index in [-0.39, 0.29) is 0 Å². The number of halogens is 1. The van der Waals surface area contributed by atoms with Gasteiger partial charge >= 0.3 is 0 Å². The first-order valence-corrected chi connectivity index (χ1v) is 7.22. The molecule has 98 valence electrons. The van der Waals surface area contributed by atoms with E-state index < -0.39 is 0 Å². The van der Waals surface area contributed by atoms with Gasteiger partial charge in [0.2, 0.25) is 0 Å². The summed E-state index contributed by atoms with van der Waals surface area (Å²) in [5, 5.41) is 0. The fourth-order valence-corrected chi connectivity index (χ4v) is 3.17. The average molecular weight is 318 g/mol. The minimum absolute atomic E-state index is 0.678. The lowest BCUT2D eigenvalue weighted by Crippen LogP contribution is -2.25. The number of aryl methyl sites for hydroxylation is 2. The molecule has 0 atom stereocenters. The third-order valence-corrected chi connectivity index (χ3v) is 4.04. The molecule has 3 rings (SSSR count). The van der Waals surface area contributed by atoms with Gasteiger partial charge in [0, 0.05) is 12.2 Å². The lowest BCUT2D eigenvalue weighted by atomic mass is 9.99. The predicted octanol–water partition coefficient (Wildman–Crippen LogP) is 3.82. The van der Waals surface area contributed by atoms with E-state index in [4.69, 9.17) is 5.73 Å². The standard InChI is InChI=1S/C15H16BrN3/c1-10-4-5-14-11(7-10)3-2-6-19(14)15-13(16)8-12(17)9-18-15/h4-5,7-9H,2-3,6,17H2,1H3. The number of benzene rings is 1. The largest absolute Gasteiger partial charge is 0.397 e. The molecule has 1 aliphatic heterocycles. The third-order valence-electron chi connectivity index (χ3n) is 3.45. The van der Waals surface area contributed by atoms with E-state index in [0.717, 1.165) is 29.7 Å². The van der Waals surface area contributed by atoms with Crippen molar-refractivity contribution >= 4 is 33.1 Å². The van der Waals surface area contributed by atoms with Crippen molar-refractivity contribution in [2.75, 3.05) is 17.2 Å². The van der Waals surface area contributed by atoms with Gasteiger partial charge in [-0.3, -0.25) is 0 Å². The Labute approximate surface area is 121 Å². The van der Waals surface area contributed by atoms with Crippen molar-refractivity contribution in [3.63, 3.8) is 0 Å². The van der Waals surface area contributed by atoms with Gasteiger partial charge in [-0.05, 0) is 53.4 Å². The number of nitrogens with two attached hydrogens (primary N) is 1. The van der Waals surface area contributed by atoms with Crippen LogP contribution in [0.15, 0.2) is 34.9 Å². The molecule has 0 bridgehead atoms. The Kier molecular flexibility index (Phi) is 3.19. The normalized spacial score (nSPS) is 14.3. The van der Waals surface area contributed by atoms with Gasteiger partial charge in [0.05, 0.1) is 16.4 Å². The number of hydrogen-bond donors (Lipinski definition) is 1. The van der Waals surface area contributed by atoms with Gasteiger partial charge < -0.3 is 10.6 Å². The monoisotopic (exact) mass is 317 g/mol. The highest BCUT2D eigenvalue weighted by molar-refractivity contribution is 9.10. The van der Waals surface area contributed by atoms with Crippen LogP contribution in [0.2, 0.25) is 0 Å². The second kappa shape index (κ2) is 4.85. The molecular formula is C15H16BrN3. The zero-order chi connectivity index (χ0) is 13.4. The van der Waals surface area contributed by atoms with E-state index >= 15 is 0 Å². The van der Waals surface area contributed by atoms with Gasteiger partial charge in [-0.2, -0.15) is 0 Å². The maximum absolute atomic E-state index is 5.76. The number of fused-ring (bicyclic) bond motifs is 1. The Morgan fingerprint density at radius 3 is 2.95 bits per heavy atom. The zero-order valence-electron chi connectivity index (χ0n) is 10.9. The van der Waals surface area contributed by atoms with Gasteiger partial charge in [0.1, 0.15) is 5.82 Å². The van der Waals surface area contributed by atoms with Crippen LogP contribution in [0.25, 0.3) is 0 Å². The molecule has 0 unspecified atom stereocenters. The van der Waals surface area contributed by atoms with Gasteiger partial charge in [0.25, 0.3) is 0 Å². The molecule has 2 aromatic rings. The molecule has 0 radical (unpaired) electrons. The van der Waals surface area contributed by atoms with Crippen LogP contribution in [-0.4, -0.2) is 11.5 Å². The van der Waals surface area contributed by atoms with Crippen LogP contribution in [0.1, 0.15) is 17.5 Å². The van der Waals surface area contributed by atoms with Crippen LogP contribution in [0, 0.1) is 6.92 Å². The molecule has 19 heavy (non-hydrogen) atoms. The Morgan fingerprint density at radius 1 is 1.32 bits per heavy atom. The topological polar surface area (TPSA) is 42.2 Å². The lowest BCUT2D eigenvalue weighted by Gasteiger charge is -2.31. The van der Waals surface area contributed by atoms with Crippen LogP contribution >= 0.6 is 15.9 Å². The van der Waals surface area contributed by atoms with Crippen molar-refractivity contribution in [2.24, 2.45) is 0 Å². The number of nitrogen functional groups attached to an aromatic ring is 1. The Morgan fingerprint density at radius 2 is 2.16 bits per heavy atom. The average Bonchev–Trinajstić information content (AvgIpc) is 2.38. The molecule has 1 aliphatic rings. The first-order valence-electron chi connectivity index (χ1n) is 6.43. The molecule has 0 saturated heterocycles. The highest BCUT2D eigenvalue weighted by atomic mass is 79.9. The van der Waals surface area contributed by atoms with E-state index in [1.807, 2.05) is 6.07 Å². The van der Waals surface area contributed by atoms with Gasteiger partial charge in [-0.25, -0.2) is 4.98 Å². The molecule has 4 heteroatoms. The lowest BCUT2D eigenvalue weighted by molar-refractivity contribution is 0.758. The molecule has 0 aliphatic carbocycles. The Balaban J connectivity index is 2.08. The number of nitrogens with zero attached hydrogens (tertiary/aromatic N) is 2. The molecule has 3 nitrogen and oxygen atoms in total. The molecule has 0 fully saturated rings. The first-order chi connectivity index (χ1) is 9.15. The zero-order valence-corrected chi connectivity index (χ0v) is 12.4. The molecule has 2 heterocycles. The summed E-state index contributed by atoms with van der Waals surface area (Å²) in [6.45, 7) is 3.13. The van der Waals surface area contributed by atoms with Crippen molar-refractivity contribution in [1.82, 2.24) is 4.98 Å². The number of pyridine rings is 1. The van der Waals surface area contributed by atoms with Crippen LogP contribution in [0.4, 0.5) is 17.2 Å². The Bertz CT molecular complexity index is 625. The second-order valence-corrected chi connectivity index (χ2v) is 5.82. The van der Waals surface area contributed by atoms with Crippen molar-refractivity contribution in [3.8, 4) is 0 Å². The highest BCUT2D eigenvalue weighted by Gasteiger charge is 2.20. The predicted molar refractivity (Wildman–Crippen MR) is 82.9 cm³/mol. The van der Waals surface area contributed by atoms with Crippen LogP contribution in [-0.2, 0) is 6.42 Å². The third kappa shape index (κ3) is 2.32. The van der Waals surface area contributed by atoms with Crippen molar-refractivity contribution in [1.29, 1.82) is 0 Å². The van der Waals surface area contributed by atoms with Crippen molar-refractivity contribution in [3.05, 3.63) is 46.1 Å². The smallest absolute Gasteiger partial charge is 0.147 e. The van der Waals surface area contributed by atoms with Crippen LogP contribution in [0.3, 0.4) is 0 Å². The fourth-order valence-electron chi connectivity index (χ4n) is 2.59. The maximum atomic E-state index is 5.76. The van der Waals surface area contributed by atoms with E-state index in [0.29, 0.717) is 5.69 Å². The summed E-state index contributed by atoms with van der Waals surface area (Å²) in [5.41, 5.74) is 10.4. The highest BCUT2D eigenvalue weighted by Crippen LogP contribution is 2.36. The van der Waals surface area contributed by atoms with Crippen LogP contribution in [0.5, 0.6) is 0 Å². The molecule has 1 aromatic carbocycles. The maximum Gasteiger partial charge on any atom is 0.147 e. The quantitative estimate of drug-likeness (QED) is 0.869. The number of hydrogen-bond acceptors (Lipinski definition) is 3. The number of aromatic nitrogens is 1. The summed E-state index contributed by atoms with van der Waals surface area (Å²) in [5.74, 6) is 0.944. The summed E-state index contributed by atoms with van der Waals surface area (Å²) in [4.78, 5) is 6.74.